The molecule has 1 atom stereocenters. The van der Waals surface area contributed by atoms with E-state index in [1.807, 2.05) is 11.2 Å². The van der Waals surface area contributed by atoms with Gasteiger partial charge in [0.25, 0.3) is 6.01 Å². The van der Waals surface area contributed by atoms with Crippen LogP contribution in [-0.2, 0) is 20.7 Å². The second-order valence-corrected chi connectivity index (χ2v) is 11.5. The Morgan fingerprint density at radius 1 is 1.18 bits per heavy atom. The Morgan fingerprint density at radius 3 is 2.58 bits per heavy atom. The van der Waals surface area contributed by atoms with E-state index in [0.29, 0.717) is 44.5 Å². The molecule has 1 aromatic heterocycles. The lowest BCUT2D eigenvalue weighted by Gasteiger charge is -2.42. The molecule has 0 bridgehead atoms. The van der Waals surface area contributed by atoms with E-state index in [2.05, 4.69) is 10.3 Å². The molecule has 3 aromatic rings. The van der Waals surface area contributed by atoms with Crippen LogP contribution >= 0.6 is 11.8 Å². The number of aryl methyl sites for hydroxylation is 1. The van der Waals surface area contributed by atoms with E-state index in [9.17, 15) is 19.1 Å². The SMILES string of the molecule is CSC(OC1CCC(C(=O)O)CC1)(C(=O)Cc1ccc2nc(Nc3cc(F)ccc3C)oc2c1F)N1CCCC1. The van der Waals surface area contributed by atoms with Gasteiger partial charge in [-0.2, -0.15) is 4.98 Å². The van der Waals surface area contributed by atoms with Gasteiger partial charge in [0.2, 0.25) is 5.06 Å². The molecule has 1 aliphatic heterocycles. The van der Waals surface area contributed by atoms with Crippen LogP contribution in [0.4, 0.5) is 20.5 Å². The van der Waals surface area contributed by atoms with Gasteiger partial charge in [0.15, 0.2) is 17.2 Å². The molecule has 2 N–H and O–H groups in total. The summed E-state index contributed by atoms with van der Waals surface area (Å²) in [5.41, 5.74) is 1.56. The number of hydrogen-bond acceptors (Lipinski definition) is 8. The number of carboxylic acids is 1. The highest BCUT2D eigenvalue weighted by atomic mass is 32.2. The van der Waals surface area contributed by atoms with Crippen molar-refractivity contribution in [3.8, 4) is 0 Å². The molecule has 0 radical (unpaired) electrons. The maximum atomic E-state index is 15.7. The maximum Gasteiger partial charge on any atom is 0.306 e. The summed E-state index contributed by atoms with van der Waals surface area (Å²) in [5.74, 6) is -2.57. The Balaban J connectivity index is 1.38. The van der Waals surface area contributed by atoms with E-state index in [4.69, 9.17) is 9.15 Å². The minimum absolute atomic E-state index is 0.0156. The van der Waals surface area contributed by atoms with Crippen LogP contribution in [0.15, 0.2) is 34.7 Å². The minimum atomic E-state index is -1.29. The molecule has 0 spiro atoms. The number of aromatic nitrogens is 1. The number of nitrogens with one attached hydrogen (secondary N) is 1. The first-order valence-electron chi connectivity index (χ1n) is 13.6. The van der Waals surface area contributed by atoms with Gasteiger partial charge in [-0.3, -0.25) is 14.5 Å². The first-order chi connectivity index (χ1) is 19.2. The number of fused-ring (bicyclic) bond motifs is 1. The van der Waals surface area contributed by atoms with E-state index in [0.717, 1.165) is 18.4 Å². The van der Waals surface area contributed by atoms with Crippen molar-refractivity contribution in [2.75, 3.05) is 24.7 Å². The topological polar surface area (TPSA) is 105 Å². The lowest BCUT2D eigenvalue weighted by atomic mass is 9.87. The lowest BCUT2D eigenvalue weighted by Crippen LogP contribution is -2.55. The molecule has 2 aromatic carbocycles. The van der Waals surface area contributed by atoms with Crippen LogP contribution in [-0.4, -0.2) is 57.2 Å². The number of carboxylic acid groups (broad SMARTS) is 1. The second kappa shape index (κ2) is 11.8. The number of nitrogens with zero attached hydrogens (tertiary/aromatic N) is 2. The van der Waals surface area contributed by atoms with Gasteiger partial charge in [0, 0.05) is 25.2 Å². The standard InChI is InChI=1S/C29H33F2N3O5S/c1-17-5-9-20(30)16-23(17)33-28-32-22-12-8-19(25(31)26(22)38-28)15-24(35)29(40-2,34-13-3-4-14-34)39-21-10-6-18(7-11-21)27(36)37/h5,8-9,12,16,18,21H,3-4,6-7,10-11,13-15H2,1-2H3,(H,32,33)(H,36,37). The Labute approximate surface area is 235 Å². The average Bonchev–Trinajstić information content (AvgIpc) is 3.62. The highest BCUT2D eigenvalue weighted by molar-refractivity contribution is 8.00. The zero-order chi connectivity index (χ0) is 28.4. The molecule has 5 rings (SSSR count). The normalized spacial score (nSPS) is 21.4. The molecule has 1 aliphatic carbocycles. The summed E-state index contributed by atoms with van der Waals surface area (Å²) in [5, 5.41) is 11.0. The monoisotopic (exact) mass is 573 g/mol. The summed E-state index contributed by atoms with van der Waals surface area (Å²) >= 11 is 1.30. The number of rotatable bonds is 10. The van der Waals surface area contributed by atoms with E-state index in [-0.39, 0.29) is 41.0 Å². The lowest BCUT2D eigenvalue weighted by molar-refractivity contribution is -0.165. The summed E-state index contributed by atoms with van der Waals surface area (Å²) in [6, 6.07) is 7.40. The molecule has 8 nitrogen and oxygen atoms in total. The van der Waals surface area contributed by atoms with Gasteiger partial charge in [-0.1, -0.05) is 12.1 Å². The molecule has 11 heteroatoms. The van der Waals surface area contributed by atoms with E-state index >= 15 is 4.39 Å². The van der Waals surface area contributed by atoms with Gasteiger partial charge in [-0.25, -0.2) is 8.78 Å². The van der Waals surface area contributed by atoms with Crippen molar-refractivity contribution in [2.45, 2.75) is 63.0 Å². The van der Waals surface area contributed by atoms with Gasteiger partial charge < -0.3 is 19.6 Å². The van der Waals surface area contributed by atoms with Crippen LogP contribution in [0, 0.1) is 24.5 Å². The van der Waals surface area contributed by atoms with Gasteiger partial charge in [0.1, 0.15) is 11.3 Å². The molecule has 2 heterocycles. The Bertz CT molecular complexity index is 1400. The van der Waals surface area contributed by atoms with Crippen LogP contribution in [0.2, 0.25) is 0 Å². The second-order valence-electron chi connectivity index (χ2n) is 10.5. The number of halogens is 2. The third-order valence-electron chi connectivity index (χ3n) is 7.87. The summed E-state index contributed by atoms with van der Waals surface area (Å²) in [6.45, 7) is 3.18. The number of carbonyl (C=O) groups excluding carboxylic acids is 1. The van der Waals surface area contributed by atoms with Crippen LogP contribution in [0.25, 0.3) is 11.1 Å². The van der Waals surface area contributed by atoms with E-state index < -0.39 is 28.6 Å². The Kier molecular flexibility index (Phi) is 8.44. The first kappa shape index (κ1) is 28.5. The fourth-order valence-corrected chi connectivity index (χ4v) is 6.57. The number of ether oxygens (including phenoxy) is 1. The van der Waals surface area contributed by atoms with Gasteiger partial charge in [-0.05, 0) is 81.0 Å². The molecule has 0 amide bonds. The van der Waals surface area contributed by atoms with Crippen LogP contribution in [0.1, 0.15) is 49.7 Å². The first-order valence-corrected chi connectivity index (χ1v) is 14.8. The van der Waals surface area contributed by atoms with Crippen molar-refractivity contribution in [1.82, 2.24) is 9.88 Å². The summed E-state index contributed by atoms with van der Waals surface area (Å²) in [7, 11) is 0. The van der Waals surface area contributed by atoms with E-state index in [1.165, 1.54) is 30.0 Å². The van der Waals surface area contributed by atoms with Crippen molar-refractivity contribution in [3.05, 3.63) is 53.1 Å². The summed E-state index contributed by atoms with van der Waals surface area (Å²) in [6.07, 6.45) is 5.33. The zero-order valence-electron chi connectivity index (χ0n) is 22.5. The number of carbonyl (C=O) groups is 2. The number of likely N-dealkylation sites (tertiary alicyclic amines) is 1. The quantitative estimate of drug-likeness (QED) is 0.281. The number of benzene rings is 2. The van der Waals surface area contributed by atoms with Gasteiger partial charge in [-0.15, -0.1) is 11.8 Å². The summed E-state index contributed by atoms with van der Waals surface area (Å²) in [4.78, 5) is 31.7. The largest absolute Gasteiger partial charge is 0.481 e. The molecule has 40 heavy (non-hydrogen) atoms. The average molecular weight is 574 g/mol. The third-order valence-corrected chi connectivity index (χ3v) is 9.01. The minimum Gasteiger partial charge on any atom is -0.481 e. The fourth-order valence-electron chi connectivity index (χ4n) is 5.59. The summed E-state index contributed by atoms with van der Waals surface area (Å²) < 4.78 is 41.6. The van der Waals surface area contributed by atoms with Crippen molar-refractivity contribution in [1.29, 1.82) is 0 Å². The predicted octanol–water partition coefficient (Wildman–Crippen LogP) is 6.04. The van der Waals surface area contributed by atoms with Gasteiger partial charge >= 0.3 is 5.97 Å². The molecular weight excluding hydrogens is 540 g/mol. The van der Waals surface area contributed by atoms with Crippen molar-refractivity contribution >= 4 is 46.3 Å². The number of anilines is 2. The molecule has 1 unspecified atom stereocenters. The number of Topliss-reactive ketones (excluding diaryl/α,β-unsaturated/α-hetero) is 1. The fraction of sp³-hybridized carbons (Fsp3) is 0.483. The molecular formula is C29H33F2N3O5S. The Hall–Kier alpha value is -3.02. The Morgan fingerprint density at radius 2 is 1.90 bits per heavy atom. The highest BCUT2D eigenvalue weighted by Gasteiger charge is 2.48. The van der Waals surface area contributed by atoms with Crippen molar-refractivity contribution in [3.63, 3.8) is 0 Å². The number of ketones is 1. The van der Waals surface area contributed by atoms with Crippen LogP contribution < -0.4 is 5.32 Å². The maximum absolute atomic E-state index is 15.7. The van der Waals surface area contributed by atoms with E-state index in [1.54, 1.807) is 19.1 Å². The molecule has 1 saturated carbocycles. The molecule has 1 saturated heterocycles. The highest BCUT2D eigenvalue weighted by Crippen LogP contribution is 2.39. The number of thioether (sulfide) groups is 1. The van der Waals surface area contributed by atoms with Crippen molar-refractivity contribution in [2.24, 2.45) is 5.92 Å². The zero-order valence-corrected chi connectivity index (χ0v) is 23.4. The number of hydrogen-bond donors (Lipinski definition) is 2. The van der Waals surface area contributed by atoms with Crippen molar-refractivity contribution < 1.29 is 32.6 Å². The third kappa shape index (κ3) is 5.73. The predicted molar refractivity (Wildman–Crippen MR) is 149 cm³/mol. The van der Waals surface area contributed by atoms with Gasteiger partial charge in [0.05, 0.1) is 12.0 Å². The van der Waals surface area contributed by atoms with Crippen LogP contribution in [0.3, 0.4) is 0 Å². The molecule has 2 aliphatic rings. The number of oxazole rings is 1. The van der Waals surface area contributed by atoms with Crippen LogP contribution in [0.5, 0.6) is 0 Å². The molecule has 2 fully saturated rings. The molecule has 214 valence electrons. The number of aliphatic carboxylic acids is 1. The smallest absolute Gasteiger partial charge is 0.306 e.